The van der Waals surface area contributed by atoms with Crippen LogP contribution in [0.1, 0.15) is 53.6 Å². The van der Waals surface area contributed by atoms with Gasteiger partial charge in [0.05, 0.1) is 23.2 Å². The zero-order chi connectivity index (χ0) is 29.9. The lowest BCUT2D eigenvalue weighted by molar-refractivity contribution is -0.286. The van der Waals surface area contributed by atoms with E-state index in [1.165, 1.54) is 17.0 Å². The van der Waals surface area contributed by atoms with E-state index in [-0.39, 0.29) is 29.0 Å². The molecule has 3 aliphatic rings. The van der Waals surface area contributed by atoms with Crippen molar-refractivity contribution in [3.63, 3.8) is 0 Å². The first-order valence-electron chi connectivity index (χ1n) is 14.0. The molecule has 220 valence electrons. The molecule has 1 unspecified atom stereocenters. The average Bonchev–Trinajstić information content (AvgIpc) is 3.77. The lowest BCUT2D eigenvalue weighted by Crippen LogP contribution is -2.36. The zero-order valence-corrected chi connectivity index (χ0v) is 23.5. The molecule has 1 fully saturated rings. The molecule has 1 saturated carbocycles. The van der Waals surface area contributed by atoms with E-state index in [9.17, 15) is 23.5 Å². The van der Waals surface area contributed by atoms with Gasteiger partial charge in [0, 0.05) is 11.6 Å². The third-order valence-corrected chi connectivity index (χ3v) is 8.59. The van der Waals surface area contributed by atoms with Gasteiger partial charge in [-0.1, -0.05) is 48.0 Å². The van der Waals surface area contributed by atoms with Crippen LogP contribution in [0, 0.1) is 0 Å². The number of rotatable bonds is 5. The molecule has 0 bridgehead atoms. The van der Waals surface area contributed by atoms with E-state index in [0.717, 1.165) is 18.4 Å². The molecule has 1 atom stereocenters. The SMILES string of the molecule is O=C(C(O)c1cccc(-c2ccc3c(c2)OC(F)(F)O3)c1)N1CCCc2nc(C3(c4cccc(Cl)c4)CC3)[nH]c(=O)c2C1. The molecule has 1 aliphatic carbocycles. The number of H-pyrrole nitrogens is 1. The molecule has 43 heavy (non-hydrogen) atoms. The van der Waals surface area contributed by atoms with E-state index < -0.39 is 18.3 Å². The largest absolute Gasteiger partial charge is 0.586 e. The van der Waals surface area contributed by atoms with Crippen molar-refractivity contribution >= 4 is 17.5 Å². The number of fused-ring (bicyclic) bond motifs is 2. The van der Waals surface area contributed by atoms with Crippen LogP contribution in [0.5, 0.6) is 11.5 Å². The minimum absolute atomic E-state index is 0.0219. The number of aryl methyl sites for hydroxylation is 1. The number of carbonyl (C=O) groups excluding carboxylic acids is 1. The highest BCUT2D eigenvalue weighted by Gasteiger charge is 2.49. The summed E-state index contributed by atoms with van der Waals surface area (Å²) in [6, 6.07) is 18.6. The average molecular weight is 606 g/mol. The standard InChI is InChI=1S/C32H26ClF2N3O5/c33-22-7-2-6-21(16-22)31(11-12-31)30-36-24-8-3-13-38(17-23(24)28(40)37-30)29(41)27(39)20-5-1-4-18(14-20)19-9-10-25-26(15-19)43-32(34,35)42-25/h1-2,4-7,9-10,14-16,27,39H,3,8,11-13,17H2,(H,36,37,40). The number of alkyl halides is 2. The van der Waals surface area contributed by atoms with Gasteiger partial charge in [0.25, 0.3) is 11.5 Å². The normalized spacial score (nSPS) is 18.5. The quantitative estimate of drug-likeness (QED) is 0.311. The van der Waals surface area contributed by atoms with Crippen molar-refractivity contribution < 1.29 is 28.2 Å². The lowest BCUT2D eigenvalue weighted by atomic mass is 9.94. The smallest absolute Gasteiger partial charge is 0.395 e. The highest BCUT2D eigenvalue weighted by molar-refractivity contribution is 6.30. The summed E-state index contributed by atoms with van der Waals surface area (Å²) in [5, 5.41) is 11.7. The Morgan fingerprint density at radius 3 is 2.58 bits per heavy atom. The fourth-order valence-corrected chi connectivity index (χ4v) is 6.13. The molecule has 7 rings (SSSR count). The van der Waals surface area contributed by atoms with E-state index in [2.05, 4.69) is 14.5 Å². The van der Waals surface area contributed by atoms with Crippen molar-refractivity contribution in [3.05, 3.63) is 110 Å². The first-order chi connectivity index (χ1) is 20.6. The number of nitrogens with one attached hydrogen (secondary N) is 1. The van der Waals surface area contributed by atoms with E-state index in [0.29, 0.717) is 58.2 Å². The van der Waals surface area contributed by atoms with Crippen molar-refractivity contribution in [2.75, 3.05) is 6.54 Å². The predicted molar refractivity (Wildman–Crippen MR) is 153 cm³/mol. The van der Waals surface area contributed by atoms with E-state index >= 15 is 0 Å². The molecular formula is C32H26ClF2N3O5. The van der Waals surface area contributed by atoms with Gasteiger partial charge in [0.2, 0.25) is 0 Å². The van der Waals surface area contributed by atoms with Crippen molar-refractivity contribution in [2.24, 2.45) is 0 Å². The Morgan fingerprint density at radius 2 is 1.79 bits per heavy atom. The van der Waals surface area contributed by atoms with Crippen LogP contribution in [0.2, 0.25) is 5.02 Å². The summed E-state index contributed by atoms with van der Waals surface area (Å²) in [7, 11) is 0. The monoisotopic (exact) mass is 605 g/mol. The maximum atomic E-state index is 13.5. The van der Waals surface area contributed by atoms with E-state index in [4.69, 9.17) is 16.6 Å². The van der Waals surface area contributed by atoms with Crippen LogP contribution in [-0.2, 0) is 23.2 Å². The Hall–Kier alpha value is -4.28. The van der Waals surface area contributed by atoms with Crippen LogP contribution in [0.3, 0.4) is 0 Å². The number of carbonyl (C=O) groups is 1. The Balaban J connectivity index is 1.12. The summed E-state index contributed by atoms with van der Waals surface area (Å²) < 4.78 is 35.9. The van der Waals surface area contributed by atoms with Gasteiger partial charge in [0.1, 0.15) is 5.82 Å². The highest BCUT2D eigenvalue weighted by Crippen LogP contribution is 2.52. The zero-order valence-electron chi connectivity index (χ0n) is 22.8. The van der Waals surface area contributed by atoms with Gasteiger partial charge >= 0.3 is 6.29 Å². The van der Waals surface area contributed by atoms with Gasteiger partial charge < -0.3 is 24.5 Å². The van der Waals surface area contributed by atoms with Gasteiger partial charge in [-0.15, -0.1) is 8.78 Å². The van der Waals surface area contributed by atoms with Crippen LogP contribution < -0.4 is 15.0 Å². The topological polar surface area (TPSA) is 105 Å². The summed E-state index contributed by atoms with van der Waals surface area (Å²) in [6.45, 7) is 0.366. The highest BCUT2D eigenvalue weighted by atomic mass is 35.5. The molecule has 0 saturated heterocycles. The van der Waals surface area contributed by atoms with Gasteiger partial charge in [-0.25, -0.2) is 4.98 Å². The summed E-state index contributed by atoms with van der Waals surface area (Å²) in [6.07, 6.45) is -2.42. The van der Waals surface area contributed by atoms with Gasteiger partial charge in [0.15, 0.2) is 17.6 Å². The number of ether oxygens (including phenoxy) is 2. The molecule has 1 amide bonds. The maximum absolute atomic E-state index is 13.5. The number of amides is 1. The summed E-state index contributed by atoms with van der Waals surface area (Å²) in [4.78, 5) is 36.2. The molecule has 1 aromatic heterocycles. The van der Waals surface area contributed by atoms with Crippen molar-refractivity contribution in [2.45, 2.75) is 50.0 Å². The molecule has 2 N–H and O–H groups in total. The minimum atomic E-state index is -3.73. The first-order valence-corrected chi connectivity index (χ1v) is 14.4. The van der Waals surface area contributed by atoms with Crippen LogP contribution in [0.4, 0.5) is 8.78 Å². The predicted octanol–water partition coefficient (Wildman–Crippen LogP) is 5.50. The lowest BCUT2D eigenvalue weighted by Gasteiger charge is -2.24. The number of nitrogens with zero attached hydrogens (tertiary/aromatic N) is 2. The third-order valence-electron chi connectivity index (χ3n) is 8.35. The second-order valence-corrected chi connectivity index (χ2v) is 11.6. The van der Waals surface area contributed by atoms with Gasteiger partial charge in [-0.2, -0.15) is 0 Å². The van der Waals surface area contributed by atoms with Crippen LogP contribution in [-0.4, -0.2) is 38.7 Å². The second-order valence-electron chi connectivity index (χ2n) is 11.2. The van der Waals surface area contributed by atoms with Crippen molar-refractivity contribution in [1.29, 1.82) is 0 Å². The van der Waals surface area contributed by atoms with Crippen molar-refractivity contribution in [1.82, 2.24) is 14.9 Å². The number of hydrogen-bond acceptors (Lipinski definition) is 6. The van der Waals surface area contributed by atoms with Crippen LogP contribution >= 0.6 is 11.6 Å². The minimum Gasteiger partial charge on any atom is -0.395 e. The Labute approximate surface area is 249 Å². The van der Waals surface area contributed by atoms with E-state index in [1.54, 1.807) is 30.3 Å². The van der Waals surface area contributed by atoms with Crippen molar-refractivity contribution in [3.8, 4) is 22.6 Å². The third kappa shape index (κ3) is 5.04. The molecule has 3 aromatic carbocycles. The maximum Gasteiger partial charge on any atom is 0.586 e. The number of aliphatic hydroxyl groups is 1. The Morgan fingerprint density at radius 1 is 1.02 bits per heavy atom. The number of hydrogen-bond donors (Lipinski definition) is 2. The molecule has 8 nitrogen and oxygen atoms in total. The molecule has 0 radical (unpaired) electrons. The number of aromatic amines is 1. The summed E-state index contributed by atoms with van der Waals surface area (Å²) >= 11 is 6.23. The molecular weight excluding hydrogens is 580 g/mol. The number of benzene rings is 3. The first kappa shape index (κ1) is 27.5. The Kier molecular flexibility index (Phi) is 6.51. The van der Waals surface area contributed by atoms with Gasteiger partial charge in [-0.05, 0) is 78.3 Å². The second kappa shape index (κ2) is 10.2. The summed E-state index contributed by atoms with van der Waals surface area (Å²) in [5.74, 6) is -0.108. The molecule has 11 heteroatoms. The Bertz CT molecular complexity index is 1820. The fourth-order valence-electron chi connectivity index (χ4n) is 5.94. The molecule has 0 spiro atoms. The molecule has 3 heterocycles. The number of halogens is 3. The van der Waals surface area contributed by atoms with Crippen LogP contribution in [0.25, 0.3) is 11.1 Å². The van der Waals surface area contributed by atoms with E-state index in [1.807, 2.05) is 24.3 Å². The molecule has 4 aromatic rings. The molecule has 2 aliphatic heterocycles. The number of aromatic nitrogens is 2. The fraction of sp³-hybridized carbons (Fsp3) is 0.281. The van der Waals surface area contributed by atoms with Crippen LogP contribution in [0.15, 0.2) is 71.5 Å². The van der Waals surface area contributed by atoms with Gasteiger partial charge in [-0.3, -0.25) is 9.59 Å². The number of aliphatic hydroxyl groups excluding tert-OH is 1. The summed E-state index contributed by atoms with van der Waals surface area (Å²) in [5.41, 5.74) is 2.88.